The number of piperidine rings is 1. The number of hydrogen-bond acceptors (Lipinski definition) is 5. The Morgan fingerprint density at radius 1 is 1.52 bits per heavy atom. The van der Waals surface area contributed by atoms with E-state index < -0.39 is 0 Å². The maximum Gasteiger partial charge on any atom is 0.323 e. The van der Waals surface area contributed by atoms with Crippen LogP contribution in [0.3, 0.4) is 0 Å². The lowest BCUT2D eigenvalue weighted by Gasteiger charge is -2.36. The van der Waals surface area contributed by atoms with Gasteiger partial charge in [-0.15, -0.1) is 11.3 Å². The average molecular weight is 340 g/mol. The number of aromatic nitrogens is 1. The molecular formula is C16H28N4O2S. The molecule has 0 aliphatic carbocycles. The maximum absolute atomic E-state index is 12.3. The number of thiazole rings is 1. The molecule has 2 amide bonds. The van der Waals surface area contributed by atoms with Gasteiger partial charge < -0.3 is 14.9 Å². The average Bonchev–Trinajstić information content (AvgIpc) is 3.00. The normalized spacial score (nSPS) is 16.1. The standard InChI is InChI=1S/C16H28N4O2S/c1-3-5-14-12-17-15(23-14)18-16(22)20-9-6-13(7-10-20)19(2)8-4-11-21/h12-13,21H,3-11H2,1-2H3,(H,17,18,22). The Balaban J connectivity index is 1.76. The van der Waals surface area contributed by atoms with E-state index in [9.17, 15) is 4.79 Å². The van der Waals surface area contributed by atoms with Gasteiger partial charge >= 0.3 is 6.03 Å². The second-order valence-electron chi connectivity index (χ2n) is 6.09. The van der Waals surface area contributed by atoms with Crippen molar-refractivity contribution in [3.05, 3.63) is 11.1 Å². The number of nitrogens with zero attached hydrogens (tertiary/aromatic N) is 3. The molecule has 23 heavy (non-hydrogen) atoms. The number of aliphatic hydroxyl groups is 1. The maximum atomic E-state index is 12.3. The van der Waals surface area contributed by atoms with Gasteiger partial charge in [0, 0.05) is 43.4 Å². The number of hydrogen-bond donors (Lipinski definition) is 2. The Morgan fingerprint density at radius 3 is 2.91 bits per heavy atom. The molecule has 0 spiro atoms. The Morgan fingerprint density at radius 2 is 2.26 bits per heavy atom. The Hall–Kier alpha value is -1.18. The topological polar surface area (TPSA) is 68.7 Å². The first-order valence-electron chi connectivity index (χ1n) is 8.45. The molecular weight excluding hydrogens is 312 g/mol. The summed E-state index contributed by atoms with van der Waals surface area (Å²) in [5.41, 5.74) is 0. The summed E-state index contributed by atoms with van der Waals surface area (Å²) in [6.45, 7) is 4.83. The van der Waals surface area contributed by atoms with Crippen LogP contribution >= 0.6 is 11.3 Å². The summed E-state index contributed by atoms with van der Waals surface area (Å²) in [6, 6.07) is 0.459. The summed E-state index contributed by atoms with van der Waals surface area (Å²) in [4.78, 5) is 22.0. The highest BCUT2D eigenvalue weighted by atomic mass is 32.1. The number of amides is 2. The molecule has 1 aliphatic heterocycles. The second-order valence-corrected chi connectivity index (χ2v) is 7.20. The molecule has 7 heteroatoms. The summed E-state index contributed by atoms with van der Waals surface area (Å²) in [7, 11) is 2.10. The van der Waals surface area contributed by atoms with Crippen LogP contribution in [0.1, 0.15) is 37.5 Å². The zero-order chi connectivity index (χ0) is 16.7. The van der Waals surface area contributed by atoms with Crippen molar-refractivity contribution >= 4 is 22.5 Å². The van der Waals surface area contributed by atoms with Gasteiger partial charge in [0.25, 0.3) is 0 Å². The number of carbonyl (C=O) groups excluding carboxylic acids is 1. The van der Waals surface area contributed by atoms with E-state index in [0.29, 0.717) is 11.2 Å². The number of nitrogens with one attached hydrogen (secondary N) is 1. The van der Waals surface area contributed by atoms with E-state index >= 15 is 0 Å². The SMILES string of the molecule is CCCc1cnc(NC(=O)N2CCC(N(C)CCCO)CC2)s1. The minimum atomic E-state index is -0.0427. The Bertz CT molecular complexity index is 486. The first kappa shape index (κ1) is 18.2. The van der Waals surface area contributed by atoms with Crippen molar-refractivity contribution in [1.82, 2.24) is 14.8 Å². The summed E-state index contributed by atoms with van der Waals surface area (Å²) in [5, 5.41) is 12.5. The lowest BCUT2D eigenvalue weighted by Crippen LogP contribution is -2.47. The van der Waals surface area contributed by atoms with Crippen molar-refractivity contribution < 1.29 is 9.90 Å². The molecule has 0 bridgehead atoms. The monoisotopic (exact) mass is 340 g/mol. The van der Waals surface area contributed by atoms with Crippen LogP contribution in [0.5, 0.6) is 0 Å². The van der Waals surface area contributed by atoms with Gasteiger partial charge in [-0.3, -0.25) is 5.32 Å². The predicted molar refractivity (Wildman–Crippen MR) is 94.1 cm³/mol. The van der Waals surface area contributed by atoms with Crippen LogP contribution in [-0.4, -0.2) is 65.3 Å². The van der Waals surface area contributed by atoms with E-state index in [0.717, 1.165) is 51.7 Å². The molecule has 1 fully saturated rings. The van der Waals surface area contributed by atoms with E-state index in [4.69, 9.17) is 5.11 Å². The molecule has 2 heterocycles. The van der Waals surface area contributed by atoms with Crippen LogP contribution in [0.15, 0.2) is 6.20 Å². The number of rotatable bonds is 7. The fourth-order valence-electron chi connectivity index (χ4n) is 2.91. The predicted octanol–water partition coefficient (Wildman–Crippen LogP) is 2.41. The fourth-order valence-corrected chi connectivity index (χ4v) is 3.81. The lowest BCUT2D eigenvalue weighted by molar-refractivity contribution is 0.134. The number of aryl methyl sites for hydroxylation is 1. The molecule has 1 aromatic rings. The summed E-state index contributed by atoms with van der Waals surface area (Å²) < 4.78 is 0. The molecule has 0 atom stereocenters. The third-order valence-electron chi connectivity index (χ3n) is 4.31. The van der Waals surface area contributed by atoms with Crippen LogP contribution < -0.4 is 5.32 Å². The number of anilines is 1. The number of aliphatic hydroxyl groups excluding tert-OH is 1. The van der Waals surface area contributed by atoms with Crippen LogP contribution in [0.25, 0.3) is 0 Å². The summed E-state index contributed by atoms with van der Waals surface area (Å²) >= 11 is 1.56. The minimum absolute atomic E-state index is 0.0427. The number of urea groups is 1. The minimum Gasteiger partial charge on any atom is -0.396 e. The zero-order valence-corrected chi connectivity index (χ0v) is 14.9. The molecule has 0 unspecified atom stereocenters. The molecule has 2 rings (SSSR count). The Labute approximate surface area is 142 Å². The van der Waals surface area contributed by atoms with E-state index in [1.54, 1.807) is 11.3 Å². The highest BCUT2D eigenvalue weighted by molar-refractivity contribution is 7.15. The molecule has 1 aliphatic rings. The third-order valence-corrected chi connectivity index (χ3v) is 5.28. The number of carbonyl (C=O) groups is 1. The lowest BCUT2D eigenvalue weighted by atomic mass is 10.0. The van der Waals surface area contributed by atoms with Gasteiger partial charge in [0.05, 0.1) is 0 Å². The molecule has 6 nitrogen and oxygen atoms in total. The fraction of sp³-hybridized carbons (Fsp3) is 0.750. The highest BCUT2D eigenvalue weighted by Gasteiger charge is 2.25. The quantitative estimate of drug-likeness (QED) is 0.800. The van der Waals surface area contributed by atoms with Crippen LogP contribution in [0, 0.1) is 0 Å². The molecule has 0 saturated carbocycles. The van der Waals surface area contributed by atoms with E-state index in [1.807, 2.05) is 11.1 Å². The molecule has 0 aromatic carbocycles. The summed E-state index contributed by atoms with van der Waals surface area (Å²) in [6.07, 6.45) is 6.72. The van der Waals surface area contributed by atoms with E-state index in [1.165, 1.54) is 4.88 Å². The smallest absolute Gasteiger partial charge is 0.323 e. The van der Waals surface area contributed by atoms with Crippen LogP contribution in [-0.2, 0) is 6.42 Å². The Kier molecular flexibility index (Phi) is 7.26. The second kappa shape index (κ2) is 9.20. The van der Waals surface area contributed by atoms with Gasteiger partial charge in [0.2, 0.25) is 0 Å². The van der Waals surface area contributed by atoms with Crippen molar-refractivity contribution in [3.63, 3.8) is 0 Å². The van der Waals surface area contributed by atoms with Gasteiger partial charge in [0.1, 0.15) is 0 Å². The number of likely N-dealkylation sites (tertiary alicyclic amines) is 1. The van der Waals surface area contributed by atoms with Crippen molar-refractivity contribution in [2.75, 3.05) is 38.6 Å². The van der Waals surface area contributed by atoms with Gasteiger partial charge in [-0.2, -0.15) is 0 Å². The van der Waals surface area contributed by atoms with E-state index in [-0.39, 0.29) is 12.6 Å². The largest absolute Gasteiger partial charge is 0.396 e. The van der Waals surface area contributed by atoms with Crippen molar-refractivity contribution in [3.8, 4) is 0 Å². The van der Waals surface area contributed by atoms with Gasteiger partial charge in [0.15, 0.2) is 5.13 Å². The third kappa shape index (κ3) is 5.44. The van der Waals surface area contributed by atoms with Crippen LogP contribution in [0.2, 0.25) is 0 Å². The molecule has 130 valence electrons. The van der Waals surface area contributed by atoms with Crippen molar-refractivity contribution in [2.24, 2.45) is 0 Å². The van der Waals surface area contributed by atoms with E-state index in [2.05, 4.69) is 29.2 Å². The first-order chi connectivity index (χ1) is 11.1. The summed E-state index contributed by atoms with van der Waals surface area (Å²) in [5.74, 6) is 0. The molecule has 0 radical (unpaired) electrons. The van der Waals surface area contributed by atoms with Crippen molar-refractivity contribution in [1.29, 1.82) is 0 Å². The van der Waals surface area contributed by atoms with Crippen LogP contribution in [0.4, 0.5) is 9.93 Å². The zero-order valence-electron chi connectivity index (χ0n) is 14.1. The van der Waals surface area contributed by atoms with Gasteiger partial charge in [-0.05, 0) is 32.7 Å². The first-order valence-corrected chi connectivity index (χ1v) is 9.27. The molecule has 2 N–H and O–H groups in total. The molecule has 1 saturated heterocycles. The van der Waals surface area contributed by atoms with Crippen molar-refractivity contribution in [2.45, 2.75) is 45.1 Å². The van der Waals surface area contributed by atoms with Gasteiger partial charge in [-0.1, -0.05) is 13.3 Å². The molecule has 1 aromatic heterocycles. The van der Waals surface area contributed by atoms with Gasteiger partial charge in [-0.25, -0.2) is 9.78 Å². The highest BCUT2D eigenvalue weighted by Crippen LogP contribution is 2.21.